The quantitative estimate of drug-likeness (QED) is 0.878. The lowest BCUT2D eigenvalue weighted by Gasteiger charge is -2.31. The molecule has 21 heavy (non-hydrogen) atoms. The van der Waals surface area contributed by atoms with Crippen LogP contribution in [-0.4, -0.2) is 18.5 Å². The van der Waals surface area contributed by atoms with Crippen molar-refractivity contribution in [1.29, 1.82) is 0 Å². The number of benzene rings is 1. The van der Waals surface area contributed by atoms with Crippen LogP contribution in [0, 0.1) is 11.7 Å². The van der Waals surface area contributed by atoms with E-state index in [9.17, 15) is 9.18 Å². The summed E-state index contributed by atoms with van der Waals surface area (Å²) in [5, 5.41) is 3.11. The van der Waals surface area contributed by atoms with E-state index in [4.69, 9.17) is 5.73 Å². The van der Waals surface area contributed by atoms with Gasteiger partial charge in [-0.1, -0.05) is 25.0 Å². The minimum Gasteiger partial charge on any atom is -0.353 e. The van der Waals surface area contributed by atoms with E-state index in [0.717, 1.165) is 18.4 Å². The molecular weight excluding hydrogens is 291 g/mol. The van der Waals surface area contributed by atoms with Crippen molar-refractivity contribution in [3.8, 4) is 0 Å². The standard InChI is InChI=1S/C16H23FN2O.ClH/c17-14-8-5-12(6-9-14)7-10-16(20)19-15-4-2-1-3-13(15)11-18;/h5-6,8-9,13,15H,1-4,7,10-11,18H2,(H,19,20);1H. The van der Waals surface area contributed by atoms with Gasteiger partial charge < -0.3 is 11.1 Å². The van der Waals surface area contributed by atoms with E-state index < -0.39 is 0 Å². The summed E-state index contributed by atoms with van der Waals surface area (Å²) >= 11 is 0. The number of aryl methyl sites for hydroxylation is 1. The Hall–Kier alpha value is -1.13. The first-order valence-electron chi connectivity index (χ1n) is 7.43. The van der Waals surface area contributed by atoms with Crippen LogP contribution >= 0.6 is 12.4 Å². The third-order valence-electron chi connectivity index (χ3n) is 4.11. The highest BCUT2D eigenvalue weighted by molar-refractivity contribution is 5.85. The number of nitrogens with one attached hydrogen (secondary N) is 1. The predicted octanol–water partition coefficient (Wildman–Crippen LogP) is 2.81. The van der Waals surface area contributed by atoms with Crippen molar-refractivity contribution in [3.05, 3.63) is 35.6 Å². The van der Waals surface area contributed by atoms with E-state index in [1.807, 2.05) is 0 Å². The van der Waals surface area contributed by atoms with Crippen molar-refractivity contribution >= 4 is 18.3 Å². The first kappa shape index (κ1) is 17.9. The van der Waals surface area contributed by atoms with E-state index in [0.29, 0.717) is 25.3 Å². The van der Waals surface area contributed by atoms with E-state index >= 15 is 0 Å². The molecule has 1 aliphatic carbocycles. The highest BCUT2D eigenvalue weighted by atomic mass is 35.5. The van der Waals surface area contributed by atoms with Gasteiger partial charge in [0.1, 0.15) is 5.82 Å². The lowest BCUT2D eigenvalue weighted by molar-refractivity contribution is -0.122. The van der Waals surface area contributed by atoms with Gasteiger partial charge in [-0.25, -0.2) is 4.39 Å². The molecule has 1 aromatic rings. The number of nitrogens with two attached hydrogens (primary N) is 1. The van der Waals surface area contributed by atoms with Gasteiger partial charge in [0.2, 0.25) is 5.91 Å². The van der Waals surface area contributed by atoms with E-state index in [-0.39, 0.29) is 30.2 Å². The van der Waals surface area contributed by atoms with Crippen LogP contribution in [0.15, 0.2) is 24.3 Å². The number of carbonyl (C=O) groups is 1. The molecule has 5 heteroatoms. The number of rotatable bonds is 5. The zero-order chi connectivity index (χ0) is 14.4. The van der Waals surface area contributed by atoms with Crippen molar-refractivity contribution in [2.45, 2.75) is 44.6 Å². The SMILES string of the molecule is Cl.NCC1CCCCC1NC(=O)CCc1ccc(F)cc1. The van der Waals surface area contributed by atoms with Gasteiger partial charge in [0, 0.05) is 12.5 Å². The Labute approximate surface area is 131 Å². The number of hydrogen-bond acceptors (Lipinski definition) is 2. The smallest absolute Gasteiger partial charge is 0.220 e. The second kappa shape index (κ2) is 9.00. The number of amides is 1. The van der Waals surface area contributed by atoms with Crippen LogP contribution < -0.4 is 11.1 Å². The molecule has 0 spiro atoms. The first-order valence-corrected chi connectivity index (χ1v) is 7.43. The van der Waals surface area contributed by atoms with Gasteiger partial charge in [0.05, 0.1) is 0 Å². The van der Waals surface area contributed by atoms with E-state index in [2.05, 4.69) is 5.32 Å². The van der Waals surface area contributed by atoms with E-state index in [1.54, 1.807) is 12.1 Å². The topological polar surface area (TPSA) is 55.1 Å². The maximum absolute atomic E-state index is 12.8. The van der Waals surface area contributed by atoms with Crippen LogP contribution in [-0.2, 0) is 11.2 Å². The lowest BCUT2D eigenvalue weighted by atomic mass is 9.84. The summed E-state index contributed by atoms with van der Waals surface area (Å²) < 4.78 is 12.8. The first-order chi connectivity index (χ1) is 9.69. The van der Waals surface area contributed by atoms with Crippen LogP contribution in [0.2, 0.25) is 0 Å². The van der Waals surface area contributed by atoms with Gasteiger partial charge in [-0.2, -0.15) is 0 Å². The molecule has 2 rings (SSSR count). The average molecular weight is 315 g/mol. The van der Waals surface area contributed by atoms with Crippen molar-refractivity contribution in [1.82, 2.24) is 5.32 Å². The van der Waals surface area contributed by atoms with Crippen molar-refractivity contribution in [2.75, 3.05) is 6.54 Å². The summed E-state index contributed by atoms with van der Waals surface area (Å²) in [6.45, 7) is 0.642. The Morgan fingerprint density at radius 2 is 1.90 bits per heavy atom. The van der Waals surface area contributed by atoms with Crippen LogP contribution in [0.3, 0.4) is 0 Å². The van der Waals surface area contributed by atoms with Gasteiger partial charge in [-0.05, 0) is 49.4 Å². The normalized spacial score (nSPS) is 21.4. The van der Waals surface area contributed by atoms with Crippen molar-refractivity contribution in [2.24, 2.45) is 11.7 Å². The van der Waals surface area contributed by atoms with Gasteiger partial charge >= 0.3 is 0 Å². The van der Waals surface area contributed by atoms with Crippen LogP contribution in [0.25, 0.3) is 0 Å². The molecule has 1 saturated carbocycles. The second-order valence-corrected chi connectivity index (χ2v) is 5.58. The molecule has 0 heterocycles. The molecule has 1 fully saturated rings. The van der Waals surface area contributed by atoms with Gasteiger partial charge in [-0.15, -0.1) is 12.4 Å². The lowest BCUT2D eigenvalue weighted by Crippen LogP contribution is -2.44. The summed E-state index contributed by atoms with van der Waals surface area (Å²) in [6.07, 6.45) is 5.61. The molecule has 0 saturated heterocycles. The summed E-state index contributed by atoms with van der Waals surface area (Å²) in [6, 6.07) is 6.55. The molecule has 2 unspecified atom stereocenters. The van der Waals surface area contributed by atoms with Gasteiger partial charge in [0.15, 0.2) is 0 Å². The Balaban J connectivity index is 0.00000220. The maximum Gasteiger partial charge on any atom is 0.220 e. The molecule has 118 valence electrons. The molecular formula is C16H24ClFN2O. The summed E-state index contributed by atoms with van der Waals surface area (Å²) in [5.41, 5.74) is 6.75. The maximum atomic E-state index is 12.8. The van der Waals surface area contributed by atoms with Crippen LogP contribution in [0.5, 0.6) is 0 Å². The van der Waals surface area contributed by atoms with E-state index in [1.165, 1.54) is 25.0 Å². The second-order valence-electron chi connectivity index (χ2n) is 5.58. The zero-order valence-corrected chi connectivity index (χ0v) is 13.0. The number of halogens is 2. The Kier molecular flexibility index (Phi) is 7.68. The molecule has 1 aliphatic rings. The fourth-order valence-corrected chi connectivity index (χ4v) is 2.87. The summed E-state index contributed by atoms with van der Waals surface area (Å²) in [7, 11) is 0. The minimum absolute atomic E-state index is 0. The fourth-order valence-electron chi connectivity index (χ4n) is 2.87. The largest absolute Gasteiger partial charge is 0.353 e. The Morgan fingerprint density at radius 3 is 2.57 bits per heavy atom. The highest BCUT2D eigenvalue weighted by Crippen LogP contribution is 2.23. The fraction of sp³-hybridized carbons (Fsp3) is 0.562. The molecule has 1 aromatic carbocycles. The highest BCUT2D eigenvalue weighted by Gasteiger charge is 2.24. The molecule has 0 radical (unpaired) electrons. The third kappa shape index (κ3) is 5.64. The third-order valence-corrected chi connectivity index (χ3v) is 4.11. The number of hydrogen-bond donors (Lipinski definition) is 2. The van der Waals surface area contributed by atoms with Crippen LogP contribution in [0.1, 0.15) is 37.7 Å². The van der Waals surface area contributed by atoms with Gasteiger partial charge in [-0.3, -0.25) is 4.79 Å². The van der Waals surface area contributed by atoms with Crippen molar-refractivity contribution < 1.29 is 9.18 Å². The molecule has 2 atom stereocenters. The molecule has 0 aliphatic heterocycles. The summed E-state index contributed by atoms with van der Waals surface area (Å²) in [5.74, 6) is 0.240. The molecule has 1 amide bonds. The van der Waals surface area contributed by atoms with Crippen LogP contribution in [0.4, 0.5) is 4.39 Å². The molecule has 0 bridgehead atoms. The van der Waals surface area contributed by atoms with Crippen molar-refractivity contribution in [3.63, 3.8) is 0 Å². The predicted molar refractivity (Wildman–Crippen MR) is 84.9 cm³/mol. The zero-order valence-electron chi connectivity index (χ0n) is 12.2. The monoisotopic (exact) mass is 314 g/mol. The number of carbonyl (C=O) groups excluding carboxylic acids is 1. The molecule has 0 aromatic heterocycles. The molecule has 3 nitrogen and oxygen atoms in total. The minimum atomic E-state index is -0.244. The Bertz CT molecular complexity index is 438. The Morgan fingerprint density at radius 1 is 1.24 bits per heavy atom. The average Bonchev–Trinajstić information content (AvgIpc) is 2.47. The molecule has 3 N–H and O–H groups in total. The summed E-state index contributed by atoms with van der Waals surface area (Å²) in [4.78, 5) is 12.0. The van der Waals surface area contributed by atoms with Gasteiger partial charge in [0.25, 0.3) is 0 Å².